The third-order valence-electron chi connectivity index (χ3n) is 7.27. The number of aromatic amines is 1. The lowest BCUT2D eigenvalue weighted by molar-refractivity contribution is -0.137. The highest BCUT2D eigenvalue weighted by Crippen LogP contribution is 2.53. The van der Waals surface area contributed by atoms with Gasteiger partial charge in [0.2, 0.25) is 11.8 Å². The van der Waals surface area contributed by atoms with Crippen LogP contribution in [0.5, 0.6) is 11.5 Å². The quantitative estimate of drug-likeness (QED) is 0.264. The van der Waals surface area contributed by atoms with Gasteiger partial charge in [0.05, 0.1) is 35.0 Å². The summed E-state index contributed by atoms with van der Waals surface area (Å²) in [4.78, 5) is 56.3. The molecule has 9 nitrogen and oxygen atoms in total. The highest BCUT2D eigenvalue weighted by atomic mass is 32.2. The molecule has 0 unspecified atom stereocenters. The van der Waals surface area contributed by atoms with E-state index in [2.05, 4.69) is 10.3 Å². The van der Waals surface area contributed by atoms with Crippen LogP contribution in [0.2, 0.25) is 0 Å². The Morgan fingerprint density at radius 1 is 0.955 bits per heavy atom. The van der Waals surface area contributed by atoms with Gasteiger partial charge in [0.1, 0.15) is 16.7 Å². The second-order valence-electron chi connectivity index (χ2n) is 9.91. The Bertz CT molecular complexity index is 1800. The van der Waals surface area contributed by atoms with Crippen LogP contribution < -0.4 is 24.6 Å². The van der Waals surface area contributed by atoms with Crippen LogP contribution in [0.1, 0.15) is 21.9 Å². The first kappa shape index (κ1) is 29.5. The van der Waals surface area contributed by atoms with Gasteiger partial charge in [0, 0.05) is 10.8 Å². The van der Waals surface area contributed by atoms with E-state index in [0.29, 0.717) is 26.9 Å². The topological polar surface area (TPSA) is 118 Å². The Hall–Kier alpha value is -4.56. The summed E-state index contributed by atoms with van der Waals surface area (Å²) in [7, 11) is 1.51. The lowest BCUT2D eigenvalue weighted by atomic mass is 9.83. The number of thioether (sulfide) groups is 1. The van der Waals surface area contributed by atoms with Gasteiger partial charge >= 0.3 is 11.0 Å². The van der Waals surface area contributed by atoms with Crippen molar-refractivity contribution in [3.63, 3.8) is 0 Å². The molecule has 0 bridgehead atoms. The van der Waals surface area contributed by atoms with Crippen LogP contribution in [-0.2, 0) is 20.6 Å². The highest BCUT2D eigenvalue weighted by molar-refractivity contribution is 8.00. The van der Waals surface area contributed by atoms with E-state index in [4.69, 9.17) is 9.47 Å². The number of halogens is 3. The van der Waals surface area contributed by atoms with Crippen LogP contribution in [0.3, 0.4) is 0 Å². The maximum absolute atomic E-state index is 13.8. The van der Waals surface area contributed by atoms with E-state index < -0.39 is 53.2 Å². The van der Waals surface area contributed by atoms with Crippen molar-refractivity contribution < 1.29 is 37.0 Å². The van der Waals surface area contributed by atoms with Crippen molar-refractivity contribution in [3.8, 4) is 11.5 Å². The van der Waals surface area contributed by atoms with Crippen LogP contribution in [-0.4, -0.2) is 41.7 Å². The molecule has 44 heavy (non-hydrogen) atoms. The molecule has 3 amide bonds. The maximum Gasteiger partial charge on any atom is 0.418 e. The summed E-state index contributed by atoms with van der Waals surface area (Å²) < 4.78 is 50.4. The number of aromatic nitrogens is 1. The predicted octanol–water partition coefficient (Wildman–Crippen LogP) is 5.28. The van der Waals surface area contributed by atoms with Gasteiger partial charge in [-0.15, -0.1) is 0 Å². The molecule has 0 spiro atoms. The van der Waals surface area contributed by atoms with Crippen molar-refractivity contribution in [2.75, 3.05) is 23.9 Å². The van der Waals surface area contributed by atoms with Gasteiger partial charge in [-0.1, -0.05) is 47.4 Å². The van der Waals surface area contributed by atoms with Crippen LogP contribution in [0.25, 0.3) is 0 Å². The highest BCUT2D eigenvalue weighted by Gasteiger charge is 2.56. The summed E-state index contributed by atoms with van der Waals surface area (Å²) >= 11 is 2.14. The molecule has 0 aliphatic carbocycles. The molecule has 3 atom stereocenters. The van der Waals surface area contributed by atoms with Crippen molar-refractivity contribution in [1.29, 1.82) is 0 Å². The molecule has 6 rings (SSSR count). The third-order valence-corrected chi connectivity index (χ3v) is 9.67. The number of H-pyrrole nitrogens is 1. The Balaban J connectivity index is 1.22. The Morgan fingerprint density at radius 2 is 1.64 bits per heavy atom. The second kappa shape index (κ2) is 11.5. The van der Waals surface area contributed by atoms with Gasteiger partial charge < -0.3 is 19.8 Å². The molecule has 14 heteroatoms. The fourth-order valence-electron chi connectivity index (χ4n) is 5.31. The number of para-hydroxylation sites is 1. The first-order valence-electron chi connectivity index (χ1n) is 13.2. The molecule has 4 aromatic rings. The number of fused-ring (bicyclic) bond motifs is 2. The third kappa shape index (κ3) is 5.46. The van der Waals surface area contributed by atoms with Crippen LogP contribution >= 0.6 is 23.1 Å². The number of alkyl halides is 3. The molecule has 0 radical (unpaired) electrons. The number of nitrogens with one attached hydrogen (secondary N) is 2. The van der Waals surface area contributed by atoms with Gasteiger partial charge in [-0.25, -0.2) is 4.90 Å². The van der Waals surface area contributed by atoms with E-state index in [1.807, 2.05) is 0 Å². The number of anilines is 2. The molecule has 226 valence electrons. The zero-order valence-electron chi connectivity index (χ0n) is 22.7. The van der Waals surface area contributed by atoms with Crippen molar-refractivity contribution in [3.05, 3.63) is 98.5 Å². The molecule has 1 fully saturated rings. The molecule has 0 saturated carbocycles. The minimum atomic E-state index is -4.64. The van der Waals surface area contributed by atoms with Crippen LogP contribution in [0, 0.1) is 5.92 Å². The number of amides is 3. The number of methoxy groups -OCH3 is 1. The van der Waals surface area contributed by atoms with Gasteiger partial charge in [0.15, 0.2) is 6.61 Å². The number of benzene rings is 3. The Kier molecular flexibility index (Phi) is 7.72. The van der Waals surface area contributed by atoms with E-state index in [1.165, 1.54) is 19.2 Å². The molecular formula is C30H22F3N3O6S2. The molecule has 2 aliphatic heterocycles. The number of carbonyl (C=O) groups is 3. The van der Waals surface area contributed by atoms with Crippen molar-refractivity contribution in [2.45, 2.75) is 22.4 Å². The average Bonchev–Trinajstić information content (AvgIpc) is 3.50. The first-order valence-corrected chi connectivity index (χ1v) is 14.8. The summed E-state index contributed by atoms with van der Waals surface area (Å²) in [5, 5.41) is 1.98. The SMILES string of the molecule is COc1ccc(N2C(=O)[C@H]3[C@H](c4ccc(OCC(=O)Nc5ccccc5C(F)(F)F)cc4)c4sc(=O)[nH]c4S[C@H]3C2=O)cc1. The van der Waals surface area contributed by atoms with Crippen LogP contribution in [0.4, 0.5) is 24.5 Å². The monoisotopic (exact) mass is 641 g/mol. The molecule has 3 aromatic carbocycles. The van der Waals surface area contributed by atoms with E-state index in [9.17, 15) is 32.3 Å². The summed E-state index contributed by atoms with van der Waals surface area (Å²) in [6.07, 6.45) is -4.64. The van der Waals surface area contributed by atoms with E-state index in [-0.39, 0.29) is 16.3 Å². The predicted molar refractivity (Wildman–Crippen MR) is 157 cm³/mol. The lowest BCUT2D eigenvalue weighted by Gasteiger charge is -2.29. The second-order valence-corrected chi connectivity index (χ2v) is 12.1. The number of nitrogens with zero attached hydrogens (tertiary/aromatic N) is 1. The fourth-order valence-corrected chi connectivity index (χ4v) is 7.82. The van der Waals surface area contributed by atoms with Gasteiger partial charge in [-0.3, -0.25) is 19.2 Å². The van der Waals surface area contributed by atoms with Gasteiger partial charge in [0.25, 0.3) is 5.91 Å². The zero-order valence-corrected chi connectivity index (χ0v) is 24.3. The number of hydrogen-bond acceptors (Lipinski definition) is 8. The van der Waals surface area contributed by atoms with Crippen molar-refractivity contribution in [2.24, 2.45) is 5.92 Å². The van der Waals surface area contributed by atoms with Gasteiger partial charge in [-0.05, 0) is 54.1 Å². The van der Waals surface area contributed by atoms with Gasteiger partial charge in [-0.2, -0.15) is 13.2 Å². The summed E-state index contributed by atoms with van der Waals surface area (Å²) in [5.41, 5.74) is -0.301. The normalized spacial score (nSPS) is 19.4. The number of thiazole rings is 1. The number of carbonyl (C=O) groups excluding carboxylic acids is 3. The zero-order chi connectivity index (χ0) is 31.2. The minimum absolute atomic E-state index is 0.255. The lowest BCUT2D eigenvalue weighted by Crippen LogP contribution is -2.32. The number of ether oxygens (including phenoxy) is 2. The van der Waals surface area contributed by atoms with E-state index >= 15 is 0 Å². The summed E-state index contributed by atoms with van der Waals surface area (Å²) in [5.74, 6) is -2.15. The van der Waals surface area contributed by atoms with E-state index in [0.717, 1.165) is 40.1 Å². The Morgan fingerprint density at radius 3 is 2.32 bits per heavy atom. The minimum Gasteiger partial charge on any atom is -0.497 e. The van der Waals surface area contributed by atoms with Crippen molar-refractivity contribution >= 4 is 52.2 Å². The summed E-state index contributed by atoms with van der Waals surface area (Å²) in [6, 6.07) is 17.7. The molecule has 2 aliphatic rings. The van der Waals surface area contributed by atoms with Crippen molar-refractivity contribution in [1.82, 2.24) is 4.98 Å². The molecule has 2 N–H and O–H groups in total. The largest absolute Gasteiger partial charge is 0.497 e. The average molecular weight is 642 g/mol. The maximum atomic E-state index is 13.8. The first-order chi connectivity index (χ1) is 21.0. The summed E-state index contributed by atoms with van der Waals surface area (Å²) in [6.45, 7) is -0.552. The smallest absolute Gasteiger partial charge is 0.418 e. The fraction of sp³-hybridized carbons (Fsp3) is 0.200. The molecule has 1 saturated heterocycles. The standard InChI is InChI=1S/C30H22F3N3O6S2/c1-41-17-12-8-16(9-13-17)36-27(38)23-22(24-26(35-29(40)44-24)43-25(23)28(36)39)15-6-10-18(11-7-15)42-14-21(37)34-20-5-3-2-4-19(20)30(31,32)33/h2-13,22-23,25H,14H2,1H3,(H,34,37)(H,35,40)/t22-,23-,25+/m0/s1. The number of hydrogen-bond donors (Lipinski definition) is 2. The van der Waals surface area contributed by atoms with E-state index in [1.54, 1.807) is 48.5 Å². The molecule has 1 aromatic heterocycles. The molecule has 3 heterocycles. The number of imide groups is 1. The molecular weight excluding hydrogens is 619 g/mol. The van der Waals surface area contributed by atoms with Crippen LogP contribution in [0.15, 0.2) is 82.6 Å². The Labute approximate surface area is 256 Å². The number of rotatable bonds is 7.